The lowest BCUT2D eigenvalue weighted by molar-refractivity contribution is -0.131. The van der Waals surface area contributed by atoms with Gasteiger partial charge in [0.2, 0.25) is 5.91 Å². The minimum absolute atomic E-state index is 0.240. The van der Waals surface area contributed by atoms with Crippen molar-refractivity contribution in [3.63, 3.8) is 0 Å². The summed E-state index contributed by atoms with van der Waals surface area (Å²) in [6.45, 7) is 1.13. The molecular formula is C13H16ClNO2. The molecule has 0 spiro atoms. The molecule has 0 atom stereocenters. The fraction of sp³-hybridized carbons (Fsp3) is 0.462. The highest BCUT2D eigenvalue weighted by molar-refractivity contribution is 6.30. The fourth-order valence-corrected chi connectivity index (χ4v) is 1.71. The van der Waals surface area contributed by atoms with E-state index in [-0.39, 0.29) is 11.8 Å². The maximum Gasteiger partial charge on any atom is 0.225 e. The Balaban J connectivity index is 1.71. The van der Waals surface area contributed by atoms with E-state index in [1.54, 1.807) is 17.0 Å². The van der Waals surface area contributed by atoms with Crippen molar-refractivity contribution in [3.05, 3.63) is 29.3 Å². The maximum absolute atomic E-state index is 11.6. The second-order valence-electron chi connectivity index (χ2n) is 4.34. The summed E-state index contributed by atoms with van der Waals surface area (Å²) < 4.78 is 5.53. The molecule has 0 radical (unpaired) electrons. The van der Waals surface area contributed by atoms with Crippen molar-refractivity contribution < 1.29 is 9.53 Å². The summed E-state index contributed by atoms with van der Waals surface area (Å²) in [5.74, 6) is 1.29. The van der Waals surface area contributed by atoms with E-state index in [0.717, 1.165) is 18.6 Å². The van der Waals surface area contributed by atoms with Crippen LogP contribution in [0, 0.1) is 5.92 Å². The van der Waals surface area contributed by atoms with Crippen LogP contribution in [-0.2, 0) is 4.79 Å². The first-order valence-corrected chi connectivity index (χ1v) is 6.18. The zero-order chi connectivity index (χ0) is 12.3. The zero-order valence-corrected chi connectivity index (χ0v) is 10.6. The quantitative estimate of drug-likeness (QED) is 0.807. The van der Waals surface area contributed by atoms with Gasteiger partial charge in [-0.15, -0.1) is 0 Å². The van der Waals surface area contributed by atoms with Crippen molar-refractivity contribution in [2.45, 2.75) is 12.8 Å². The van der Waals surface area contributed by atoms with Gasteiger partial charge in [-0.2, -0.15) is 0 Å². The van der Waals surface area contributed by atoms with Crippen LogP contribution in [-0.4, -0.2) is 31.0 Å². The Morgan fingerprint density at radius 1 is 1.41 bits per heavy atom. The highest BCUT2D eigenvalue weighted by atomic mass is 35.5. The second-order valence-corrected chi connectivity index (χ2v) is 4.77. The zero-order valence-electron chi connectivity index (χ0n) is 9.86. The molecule has 4 heteroatoms. The molecule has 92 valence electrons. The predicted molar refractivity (Wildman–Crippen MR) is 67.3 cm³/mol. The van der Waals surface area contributed by atoms with E-state index in [4.69, 9.17) is 16.3 Å². The third kappa shape index (κ3) is 3.63. The first-order chi connectivity index (χ1) is 8.16. The van der Waals surface area contributed by atoms with E-state index >= 15 is 0 Å². The average molecular weight is 254 g/mol. The molecular weight excluding hydrogens is 238 g/mol. The molecule has 0 saturated heterocycles. The van der Waals surface area contributed by atoms with E-state index in [2.05, 4.69) is 0 Å². The number of likely N-dealkylation sites (N-methyl/N-ethyl adjacent to an activating group) is 1. The van der Waals surface area contributed by atoms with Crippen molar-refractivity contribution in [2.24, 2.45) is 5.92 Å². The first kappa shape index (κ1) is 12.2. The first-order valence-electron chi connectivity index (χ1n) is 5.80. The van der Waals surface area contributed by atoms with Crippen molar-refractivity contribution in [2.75, 3.05) is 20.2 Å². The van der Waals surface area contributed by atoms with Gasteiger partial charge in [-0.25, -0.2) is 0 Å². The number of halogens is 1. The number of hydrogen-bond acceptors (Lipinski definition) is 2. The topological polar surface area (TPSA) is 29.5 Å². The van der Waals surface area contributed by atoms with Gasteiger partial charge in [0.25, 0.3) is 0 Å². The minimum atomic E-state index is 0.240. The number of rotatable bonds is 5. The molecule has 0 bridgehead atoms. The number of ether oxygens (including phenoxy) is 1. The Morgan fingerprint density at radius 2 is 2.06 bits per heavy atom. The number of nitrogens with zero attached hydrogens (tertiary/aromatic N) is 1. The van der Waals surface area contributed by atoms with Crippen molar-refractivity contribution >= 4 is 17.5 Å². The van der Waals surface area contributed by atoms with Gasteiger partial charge in [-0.05, 0) is 37.1 Å². The molecule has 1 aliphatic rings. The third-order valence-electron chi connectivity index (χ3n) is 2.81. The average Bonchev–Trinajstić information content (AvgIpc) is 3.14. The number of carbonyl (C=O) groups is 1. The van der Waals surface area contributed by atoms with Crippen LogP contribution in [0.4, 0.5) is 0 Å². The number of amides is 1. The molecule has 1 amide bonds. The summed E-state index contributed by atoms with van der Waals surface area (Å²) in [6, 6.07) is 7.22. The highest BCUT2D eigenvalue weighted by Gasteiger charge is 2.31. The molecule has 17 heavy (non-hydrogen) atoms. The summed E-state index contributed by atoms with van der Waals surface area (Å²) in [5, 5.41) is 0.693. The molecule has 0 N–H and O–H groups in total. The van der Waals surface area contributed by atoms with E-state index in [9.17, 15) is 4.79 Å². The smallest absolute Gasteiger partial charge is 0.225 e. The van der Waals surface area contributed by atoms with Crippen molar-refractivity contribution in [1.29, 1.82) is 0 Å². The molecule has 0 aromatic heterocycles. The van der Waals surface area contributed by atoms with Crippen LogP contribution in [0.2, 0.25) is 5.02 Å². The molecule has 3 nitrogen and oxygen atoms in total. The summed E-state index contributed by atoms with van der Waals surface area (Å²) in [7, 11) is 1.83. The highest BCUT2D eigenvalue weighted by Crippen LogP contribution is 2.30. The van der Waals surface area contributed by atoms with Crippen molar-refractivity contribution in [3.8, 4) is 5.75 Å². The van der Waals surface area contributed by atoms with Gasteiger partial charge in [0.15, 0.2) is 0 Å². The lowest BCUT2D eigenvalue weighted by Crippen LogP contribution is -2.31. The SMILES string of the molecule is CN(CCOc1ccc(Cl)cc1)C(=O)C1CC1. The van der Waals surface area contributed by atoms with Crippen LogP contribution in [0.25, 0.3) is 0 Å². The maximum atomic E-state index is 11.6. The summed E-state index contributed by atoms with van der Waals surface area (Å²) in [4.78, 5) is 13.4. The molecule has 0 unspecified atom stereocenters. The number of hydrogen-bond donors (Lipinski definition) is 0. The van der Waals surface area contributed by atoms with E-state index in [1.165, 1.54) is 0 Å². The monoisotopic (exact) mass is 253 g/mol. The Morgan fingerprint density at radius 3 is 2.65 bits per heavy atom. The third-order valence-corrected chi connectivity index (χ3v) is 3.06. The fourth-order valence-electron chi connectivity index (χ4n) is 1.58. The lowest BCUT2D eigenvalue weighted by Gasteiger charge is -2.17. The van der Waals surface area contributed by atoms with Gasteiger partial charge in [-0.1, -0.05) is 11.6 Å². The van der Waals surface area contributed by atoms with Crippen LogP contribution in [0.15, 0.2) is 24.3 Å². The van der Waals surface area contributed by atoms with Gasteiger partial charge < -0.3 is 9.64 Å². The summed E-state index contributed by atoms with van der Waals surface area (Å²) in [5.41, 5.74) is 0. The molecule has 1 aliphatic carbocycles. The van der Waals surface area contributed by atoms with E-state index < -0.39 is 0 Å². The standard InChI is InChI=1S/C13H16ClNO2/c1-15(13(16)10-2-3-10)8-9-17-12-6-4-11(14)5-7-12/h4-7,10H,2-3,8-9H2,1H3. The predicted octanol–water partition coefficient (Wildman–Crippen LogP) is 2.59. The van der Waals surface area contributed by atoms with Gasteiger partial charge in [-0.3, -0.25) is 4.79 Å². The van der Waals surface area contributed by atoms with Crippen molar-refractivity contribution in [1.82, 2.24) is 4.90 Å². The van der Waals surface area contributed by atoms with Crippen LogP contribution in [0.3, 0.4) is 0 Å². The molecule has 1 saturated carbocycles. The molecule has 0 aliphatic heterocycles. The van der Waals surface area contributed by atoms with Gasteiger partial charge in [0, 0.05) is 18.0 Å². The van der Waals surface area contributed by atoms with E-state index in [0.29, 0.717) is 18.2 Å². The Hall–Kier alpha value is -1.22. The molecule has 1 aromatic rings. The Bertz CT molecular complexity index is 387. The Kier molecular flexibility index (Phi) is 3.89. The van der Waals surface area contributed by atoms with Crippen LogP contribution < -0.4 is 4.74 Å². The number of benzene rings is 1. The van der Waals surface area contributed by atoms with Crippen LogP contribution in [0.5, 0.6) is 5.75 Å². The van der Waals surface area contributed by atoms with Crippen LogP contribution >= 0.6 is 11.6 Å². The Labute approximate surface area is 106 Å². The summed E-state index contributed by atoms with van der Waals surface area (Å²) in [6.07, 6.45) is 2.09. The van der Waals surface area contributed by atoms with Gasteiger partial charge in [0.1, 0.15) is 12.4 Å². The van der Waals surface area contributed by atoms with Crippen LogP contribution in [0.1, 0.15) is 12.8 Å². The lowest BCUT2D eigenvalue weighted by atomic mass is 10.3. The van der Waals surface area contributed by atoms with Gasteiger partial charge >= 0.3 is 0 Å². The normalized spacial score (nSPS) is 14.5. The molecule has 0 heterocycles. The van der Waals surface area contributed by atoms with E-state index in [1.807, 2.05) is 19.2 Å². The minimum Gasteiger partial charge on any atom is -0.492 e. The molecule has 1 fully saturated rings. The number of carbonyl (C=O) groups excluding carboxylic acids is 1. The summed E-state index contributed by atoms with van der Waals surface area (Å²) >= 11 is 5.77. The largest absolute Gasteiger partial charge is 0.492 e. The molecule has 2 rings (SSSR count). The second kappa shape index (κ2) is 5.41. The molecule has 1 aromatic carbocycles. The van der Waals surface area contributed by atoms with Gasteiger partial charge in [0.05, 0.1) is 6.54 Å².